The lowest BCUT2D eigenvalue weighted by molar-refractivity contribution is -0.141. The fourth-order valence-electron chi connectivity index (χ4n) is 3.18. The third-order valence-corrected chi connectivity index (χ3v) is 6.16. The van der Waals surface area contributed by atoms with Crippen LogP contribution in [0.25, 0.3) is 0 Å². The Labute approximate surface area is 178 Å². The normalized spacial score (nSPS) is 18.5. The smallest absolute Gasteiger partial charge is 0.338 e. The maximum absolute atomic E-state index is 12.9. The number of rotatable bonds is 8. The van der Waals surface area contributed by atoms with Gasteiger partial charge in [0.1, 0.15) is 12.6 Å². The van der Waals surface area contributed by atoms with E-state index in [1.807, 2.05) is 48.6 Å². The van der Waals surface area contributed by atoms with E-state index in [9.17, 15) is 9.59 Å². The third kappa shape index (κ3) is 4.91. The lowest BCUT2D eigenvalue weighted by atomic mass is 9.99. The second-order valence-electron chi connectivity index (χ2n) is 6.94. The van der Waals surface area contributed by atoms with Crippen LogP contribution < -0.4 is 5.32 Å². The van der Waals surface area contributed by atoms with E-state index < -0.39 is 5.97 Å². The average molecular weight is 436 g/mol. The number of methoxy groups -OCH3 is 1. The van der Waals surface area contributed by atoms with E-state index in [0.717, 1.165) is 15.7 Å². The first-order valence-electron chi connectivity index (χ1n) is 9.35. The Balaban J connectivity index is 1.92. The molecule has 2 aliphatic heterocycles. The second-order valence-corrected chi connectivity index (χ2v) is 8.75. The number of carbonyl (C=O) groups excluding carboxylic acids is 2. The van der Waals surface area contributed by atoms with Gasteiger partial charge < -0.3 is 19.7 Å². The summed E-state index contributed by atoms with van der Waals surface area (Å²) in [5.74, 6) is -0.475. The van der Waals surface area contributed by atoms with Crippen molar-refractivity contribution in [3.8, 4) is 0 Å². The largest absolute Gasteiger partial charge is 0.460 e. The topological polar surface area (TPSA) is 80.2 Å². The SMILES string of the molecule is COCCOC(=O)C1=C(C)N=C2SC=C(CC(=O)NC(C)C)N2C1c1cccs1. The molecule has 1 aromatic heterocycles. The molecule has 0 radical (unpaired) electrons. The highest BCUT2D eigenvalue weighted by molar-refractivity contribution is 8.16. The second kappa shape index (κ2) is 9.60. The molecule has 0 saturated heterocycles. The van der Waals surface area contributed by atoms with Crippen LogP contribution in [-0.2, 0) is 19.1 Å². The van der Waals surface area contributed by atoms with Crippen molar-refractivity contribution in [1.29, 1.82) is 0 Å². The molecule has 0 saturated carbocycles. The Morgan fingerprint density at radius 2 is 2.14 bits per heavy atom. The molecule has 1 amide bonds. The van der Waals surface area contributed by atoms with Crippen LogP contribution in [0.1, 0.15) is 38.1 Å². The van der Waals surface area contributed by atoms with Gasteiger partial charge in [-0.15, -0.1) is 11.3 Å². The van der Waals surface area contributed by atoms with E-state index in [1.165, 1.54) is 11.8 Å². The van der Waals surface area contributed by atoms with Gasteiger partial charge in [0.25, 0.3) is 0 Å². The van der Waals surface area contributed by atoms with E-state index in [2.05, 4.69) is 10.3 Å². The molecule has 7 nitrogen and oxygen atoms in total. The summed E-state index contributed by atoms with van der Waals surface area (Å²) in [5, 5.41) is 7.60. The van der Waals surface area contributed by atoms with Gasteiger partial charge in [-0.05, 0) is 37.6 Å². The number of thioether (sulfide) groups is 1. The lowest BCUT2D eigenvalue weighted by Gasteiger charge is -2.35. The van der Waals surface area contributed by atoms with E-state index in [1.54, 1.807) is 18.4 Å². The number of thiophene rings is 1. The molecule has 0 spiro atoms. The average Bonchev–Trinajstić information content (AvgIpc) is 3.30. The van der Waals surface area contributed by atoms with Crippen LogP contribution in [0.2, 0.25) is 0 Å². The van der Waals surface area contributed by atoms with Gasteiger partial charge in [-0.3, -0.25) is 4.79 Å². The summed E-state index contributed by atoms with van der Waals surface area (Å²) in [6.07, 6.45) is 0.219. The van der Waals surface area contributed by atoms with Gasteiger partial charge in [0.2, 0.25) is 5.91 Å². The fourth-order valence-corrected chi connectivity index (χ4v) is 4.97. The first kappa shape index (κ1) is 21.6. The molecule has 1 atom stereocenters. The molecule has 1 N–H and O–H groups in total. The Bertz CT molecular complexity index is 859. The van der Waals surface area contributed by atoms with Crippen molar-refractivity contribution in [1.82, 2.24) is 10.2 Å². The Kier molecular flexibility index (Phi) is 7.15. The maximum Gasteiger partial charge on any atom is 0.338 e. The molecule has 0 aliphatic carbocycles. The number of allylic oxidation sites excluding steroid dienone is 1. The van der Waals surface area contributed by atoms with Crippen LogP contribution >= 0.6 is 23.1 Å². The van der Waals surface area contributed by atoms with Gasteiger partial charge in [0.15, 0.2) is 5.17 Å². The molecular formula is C20H25N3O4S2. The van der Waals surface area contributed by atoms with Crippen molar-refractivity contribution < 1.29 is 19.1 Å². The Morgan fingerprint density at radius 1 is 1.34 bits per heavy atom. The number of nitrogens with one attached hydrogen (secondary N) is 1. The van der Waals surface area contributed by atoms with E-state index in [0.29, 0.717) is 17.9 Å². The van der Waals surface area contributed by atoms with Crippen LogP contribution in [-0.4, -0.2) is 48.3 Å². The van der Waals surface area contributed by atoms with Gasteiger partial charge in [-0.1, -0.05) is 17.8 Å². The van der Waals surface area contributed by atoms with Gasteiger partial charge in [-0.2, -0.15) is 0 Å². The molecule has 29 heavy (non-hydrogen) atoms. The highest BCUT2D eigenvalue weighted by Crippen LogP contribution is 2.45. The number of nitrogens with zero attached hydrogens (tertiary/aromatic N) is 2. The number of aliphatic imine (C=N–C) groups is 1. The molecule has 0 aromatic carbocycles. The summed E-state index contributed by atoms with van der Waals surface area (Å²) in [7, 11) is 1.56. The molecule has 3 rings (SSSR count). The van der Waals surface area contributed by atoms with Crippen molar-refractivity contribution in [2.24, 2.45) is 4.99 Å². The van der Waals surface area contributed by atoms with Crippen LogP contribution in [0.15, 0.2) is 44.9 Å². The lowest BCUT2D eigenvalue weighted by Crippen LogP contribution is -2.38. The molecule has 1 unspecified atom stereocenters. The minimum atomic E-state index is -0.413. The summed E-state index contributed by atoms with van der Waals surface area (Å²) < 4.78 is 10.4. The van der Waals surface area contributed by atoms with Crippen LogP contribution in [0.4, 0.5) is 0 Å². The third-order valence-electron chi connectivity index (χ3n) is 4.35. The molecule has 2 aliphatic rings. The molecular weight excluding hydrogens is 410 g/mol. The zero-order valence-corrected chi connectivity index (χ0v) is 18.6. The molecule has 0 fully saturated rings. The maximum atomic E-state index is 12.9. The molecule has 156 valence electrons. The van der Waals surface area contributed by atoms with Crippen LogP contribution in [0.3, 0.4) is 0 Å². The highest BCUT2D eigenvalue weighted by Gasteiger charge is 2.41. The Morgan fingerprint density at radius 3 is 2.79 bits per heavy atom. The summed E-state index contributed by atoms with van der Waals surface area (Å²) >= 11 is 3.03. The summed E-state index contributed by atoms with van der Waals surface area (Å²) in [6.45, 7) is 6.18. The van der Waals surface area contributed by atoms with Gasteiger partial charge in [0.05, 0.1) is 24.3 Å². The summed E-state index contributed by atoms with van der Waals surface area (Å²) in [6, 6.07) is 3.63. The minimum Gasteiger partial charge on any atom is -0.460 e. The number of amides is 1. The summed E-state index contributed by atoms with van der Waals surface area (Å²) in [4.78, 5) is 32.9. The van der Waals surface area contributed by atoms with Crippen LogP contribution in [0.5, 0.6) is 0 Å². The predicted octanol–water partition coefficient (Wildman–Crippen LogP) is 3.43. The van der Waals surface area contributed by atoms with Gasteiger partial charge in [0, 0.05) is 23.7 Å². The molecule has 0 bridgehead atoms. The first-order chi connectivity index (χ1) is 13.9. The zero-order valence-electron chi connectivity index (χ0n) is 16.9. The highest BCUT2D eigenvalue weighted by atomic mass is 32.2. The number of hydrogen-bond donors (Lipinski definition) is 1. The minimum absolute atomic E-state index is 0.0616. The summed E-state index contributed by atoms with van der Waals surface area (Å²) in [5.41, 5.74) is 1.94. The van der Waals surface area contributed by atoms with Crippen molar-refractivity contribution in [3.05, 3.63) is 44.8 Å². The van der Waals surface area contributed by atoms with Crippen LogP contribution in [0, 0.1) is 0 Å². The first-order valence-corrected chi connectivity index (χ1v) is 11.1. The van der Waals surface area contributed by atoms with Crippen molar-refractivity contribution >= 4 is 40.1 Å². The number of amidine groups is 1. The number of hydrogen-bond acceptors (Lipinski definition) is 8. The molecule has 3 heterocycles. The molecule has 9 heteroatoms. The number of ether oxygens (including phenoxy) is 2. The standard InChI is InChI=1S/C20H25N3O4S2/c1-12(2)21-16(24)10-14-11-29-20-22-13(3)17(19(25)27-8-7-26-4)18(23(14)20)15-6-5-9-28-15/h5-6,9,11-12,18H,7-8,10H2,1-4H3,(H,21,24). The number of carbonyl (C=O) groups is 2. The van der Waals surface area contributed by atoms with Gasteiger partial charge >= 0.3 is 5.97 Å². The fraction of sp³-hybridized carbons (Fsp3) is 0.450. The molecule has 1 aromatic rings. The zero-order chi connectivity index (χ0) is 21.0. The van der Waals surface area contributed by atoms with E-state index in [-0.39, 0.29) is 31.0 Å². The predicted molar refractivity (Wildman–Crippen MR) is 115 cm³/mol. The van der Waals surface area contributed by atoms with Crippen molar-refractivity contribution in [2.45, 2.75) is 39.3 Å². The van der Waals surface area contributed by atoms with Crippen molar-refractivity contribution in [3.63, 3.8) is 0 Å². The monoisotopic (exact) mass is 435 g/mol. The number of esters is 1. The van der Waals surface area contributed by atoms with E-state index >= 15 is 0 Å². The Hall–Kier alpha value is -2.10. The number of fused-ring (bicyclic) bond motifs is 1. The van der Waals surface area contributed by atoms with Gasteiger partial charge in [-0.25, -0.2) is 9.79 Å². The quantitative estimate of drug-likeness (QED) is 0.498. The van der Waals surface area contributed by atoms with Crippen molar-refractivity contribution in [2.75, 3.05) is 20.3 Å². The van der Waals surface area contributed by atoms with E-state index in [4.69, 9.17) is 9.47 Å².